The largest absolute Gasteiger partial charge is 0.302 e. The van der Waals surface area contributed by atoms with Crippen molar-refractivity contribution in [1.82, 2.24) is 14.8 Å². The Morgan fingerprint density at radius 2 is 1.88 bits per heavy atom. The number of aromatic nitrogens is 3. The summed E-state index contributed by atoms with van der Waals surface area (Å²) in [7, 11) is 0. The summed E-state index contributed by atoms with van der Waals surface area (Å²) in [5.74, 6) is 1.31. The van der Waals surface area contributed by atoms with Gasteiger partial charge in [-0.05, 0) is 30.7 Å². The Bertz CT molecular complexity index is 944. The molecule has 9 heteroatoms. The zero-order valence-electron chi connectivity index (χ0n) is 13.7. The highest BCUT2D eigenvalue weighted by Crippen LogP contribution is 2.32. The van der Waals surface area contributed by atoms with Crippen molar-refractivity contribution < 1.29 is 4.92 Å². The van der Waals surface area contributed by atoms with Crippen LogP contribution in [0.2, 0.25) is 10.0 Å². The Labute approximate surface area is 164 Å². The molecule has 134 valence electrons. The minimum absolute atomic E-state index is 0.0788. The first-order chi connectivity index (χ1) is 12.5. The lowest BCUT2D eigenvalue weighted by atomic mass is 10.2. The molecule has 0 aliphatic rings. The molecule has 1 aromatic heterocycles. The van der Waals surface area contributed by atoms with Gasteiger partial charge in [0.2, 0.25) is 0 Å². The maximum atomic E-state index is 10.7. The smallest absolute Gasteiger partial charge is 0.269 e. The number of nitro groups is 1. The van der Waals surface area contributed by atoms with Gasteiger partial charge < -0.3 is 4.57 Å². The number of nitro benzene ring substituents is 1. The molecule has 0 unspecified atom stereocenters. The van der Waals surface area contributed by atoms with E-state index in [4.69, 9.17) is 23.2 Å². The second-order valence-electron chi connectivity index (χ2n) is 5.39. The SMILES string of the molecule is CCn1c(SCc2ccc([N+](=O)[O-])cc2)nnc1-c1ccc(Cl)cc1Cl. The third kappa shape index (κ3) is 4.00. The topological polar surface area (TPSA) is 73.8 Å². The summed E-state index contributed by atoms with van der Waals surface area (Å²) in [5, 5.41) is 21.1. The molecule has 1 heterocycles. The van der Waals surface area contributed by atoms with Crippen LogP contribution in [0.5, 0.6) is 0 Å². The van der Waals surface area contributed by atoms with E-state index in [-0.39, 0.29) is 5.69 Å². The molecule has 0 spiro atoms. The molecule has 0 fully saturated rings. The lowest BCUT2D eigenvalue weighted by Gasteiger charge is -2.09. The minimum Gasteiger partial charge on any atom is -0.302 e. The second kappa shape index (κ2) is 8.07. The number of hydrogen-bond donors (Lipinski definition) is 0. The molecule has 0 atom stereocenters. The van der Waals surface area contributed by atoms with Gasteiger partial charge in [-0.2, -0.15) is 0 Å². The van der Waals surface area contributed by atoms with Crippen LogP contribution >= 0.6 is 35.0 Å². The number of rotatable bonds is 6. The van der Waals surface area contributed by atoms with Crippen molar-refractivity contribution in [2.45, 2.75) is 24.4 Å². The Balaban J connectivity index is 1.81. The van der Waals surface area contributed by atoms with Gasteiger partial charge in [-0.3, -0.25) is 10.1 Å². The van der Waals surface area contributed by atoms with E-state index in [9.17, 15) is 10.1 Å². The zero-order valence-corrected chi connectivity index (χ0v) is 16.1. The Kier molecular flexibility index (Phi) is 5.80. The lowest BCUT2D eigenvalue weighted by Crippen LogP contribution is -2.00. The Morgan fingerprint density at radius 3 is 2.50 bits per heavy atom. The highest BCUT2D eigenvalue weighted by atomic mass is 35.5. The molecule has 2 aromatic carbocycles. The summed E-state index contributed by atoms with van der Waals surface area (Å²) in [6, 6.07) is 11.8. The van der Waals surface area contributed by atoms with Crippen molar-refractivity contribution in [1.29, 1.82) is 0 Å². The number of non-ortho nitro benzene ring substituents is 1. The highest BCUT2D eigenvalue weighted by Gasteiger charge is 2.16. The van der Waals surface area contributed by atoms with Gasteiger partial charge in [0, 0.05) is 35.0 Å². The second-order valence-corrected chi connectivity index (χ2v) is 7.17. The minimum atomic E-state index is -0.410. The maximum Gasteiger partial charge on any atom is 0.269 e. The third-order valence-electron chi connectivity index (χ3n) is 3.72. The summed E-state index contributed by atoms with van der Waals surface area (Å²) in [6.45, 7) is 2.69. The number of benzene rings is 2. The number of hydrogen-bond acceptors (Lipinski definition) is 5. The zero-order chi connectivity index (χ0) is 18.7. The lowest BCUT2D eigenvalue weighted by molar-refractivity contribution is -0.384. The molecule has 0 aliphatic heterocycles. The Hall–Kier alpha value is -2.09. The fourth-order valence-corrected chi connectivity index (χ4v) is 3.86. The highest BCUT2D eigenvalue weighted by molar-refractivity contribution is 7.98. The van der Waals surface area contributed by atoms with Gasteiger partial charge in [0.1, 0.15) is 0 Å². The first-order valence-corrected chi connectivity index (χ1v) is 9.48. The van der Waals surface area contributed by atoms with Gasteiger partial charge >= 0.3 is 0 Å². The fraction of sp³-hybridized carbons (Fsp3) is 0.176. The van der Waals surface area contributed by atoms with Gasteiger partial charge in [0.15, 0.2) is 11.0 Å². The average Bonchev–Trinajstić information content (AvgIpc) is 3.03. The van der Waals surface area contributed by atoms with Crippen molar-refractivity contribution in [2.24, 2.45) is 0 Å². The number of halogens is 2. The van der Waals surface area contributed by atoms with Crippen LogP contribution in [0, 0.1) is 10.1 Å². The molecule has 0 saturated heterocycles. The summed E-state index contributed by atoms with van der Waals surface area (Å²) in [5.41, 5.74) is 1.82. The van der Waals surface area contributed by atoms with E-state index >= 15 is 0 Å². The monoisotopic (exact) mass is 408 g/mol. The molecule has 3 rings (SSSR count). The van der Waals surface area contributed by atoms with Crippen LogP contribution in [-0.4, -0.2) is 19.7 Å². The predicted molar refractivity (Wildman–Crippen MR) is 104 cm³/mol. The normalized spacial score (nSPS) is 10.9. The molecule has 0 saturated carbocycles. The fourth-order valence-electron chi connectivity index (χ4n) is 2.41. The van der Waals surface area contributed by atoms with Crippen molar-refractivity contribution in [3.8, 4) is 11.4 Å². The average molecular weight is 409 g/mol. The van der Waals surface area contributed by atoms with E-state index in [1.807, 2.05) is 17.6 Å². The van der Waals surface area contributed by atoms with E-state index in [1.54, 1.807) is 24.3 Å². The molecule has 0 amide bonds. The first kappa shape index (κ1) is 18.7. The van der Waals surface area contributed by atoms with Gasteiger partial charge in [-0.25, -0.2) is 0 Å². The van der Waals surface area contributed by atoms with Gasteiger partial charge in [-0.1, -0.05) is 47.1 Å². The molecule has 0 N–H and O–H groups in total. The van der Waals surface area contributed by atoms with Crippen LogP contribution in [0.4, 0.5) is 5.69 Å². The van der Waals surface area contributed by atoms with Crippen LogP contribution < -0.4 is 0 Å². The van der Waals surface area contributed by atoms with Crippen molar-refractivity contribution in [3.63, 3.8) is 0 Å². The molecule has 26 heavy (non-hydrogen) atoms. The Morgan fingerprint density at radius 1 is 1.15 bits per heavy atom. The first-order valence-electron chi connectivity index (χ1n) is 7.74. The van der Waals surface area contributed by atoms with E-state index in [0.717, 1.165) is 16.3 Å². The molecule has 6 nitrogen and oxygen atoms in total. The van der Waals surface area contributed by atoms with Crippen molar-refractivity contribution in [3.05, 3.63) is 68.2 Å². The molecule has 0 radical (unpaired) electrons. The van der Waals surface area contributed by atoms with E-state index < -0.39 is 4.92 Å². The van der Waals surface area contributed by atoms with Crippen LogP contribution in [0.15, 0.2) is 47.6 Å². The summed E-state index contributed by atoms with van der Waals surface area (Å²) >= 11 is 13.8. The number of thioether (sulfide) groups is 1. The van der Waals surface area contributed by atoms with Crippen LogP contribution in [0.25, 0.3) is 11.4 Å². The number of nitrogens with zero attached hydrogens (tertiary/aromatic N) is 4. The van der Waals surface area contributed by atoms with E-state index in [0.29, 0.717) is 28.2 Å². The van der Waals surface area contributed by atoms with Gasteiger partial charge in [-0.15, -0.1) is 10.2 Å². The van der Waals surface area contributed by atoms with E-state index in [2.05, 4.69) is 10.2 Å². The molecule has 3 aromatic rings. The third-order valence-corrected chi connectivity index (χ3v) is 5.31. The van der Waals surface area contributed by atoms with Crippen LogP contribution in [-0.2, 0) is 12.3 Å². The summed E-state index contributed by atoms with van der Waals surface area (Å²) in [6.07, 6.45) is 0. The summed E-state index contributed by atoms with van der Waals surface area (Å²) in [4.78, 5) is 10.3. The quantitative estimate of drug-likeness (QED) is 0.307. The van der Waals surface area contributed by atoms with Crippen LogP contribution in [0.3, 0.4) is 0 Å². The van der Waals surface area contributed by atoms with Crippen molar-refractivity contribution in [2.75, 3.05) is 0 Å². The molecule has 0 bridgehead atoms. The standard InChI is InChI=1S/C17H14Cl2N4O2S/c1-2-22-16(14-8-5-12(18)9-15(14)19)20-21-17(22)26-10-11-3-6-13(7-4-11)23(24)25/h3-9H,2,10H2,1H3. The predicted octanol–water partition coefficient (Wildman–Crippen LogP) is 5.47. The van der Waals surface area contributed by atoms with Gasteiger partial charge in [0.25, 0.3) is 5.69 Å². The maximum absolute atomic E-state index is 10.7. The summed E-state index contributed by atoms with van der Waals surface area (Å²) < 4.78 is 1.98. The van der Waals surface area contributed by atoms with Crippen LogP contribution in [0.1, 0.15) is 12.5 Å². The van der Waals surface area contributed by atoms with Gasteiger partial charge in [0.05, 0.1) is 9.95 Å². The molecule has 0 aliphatic carbocycles. The molecular formula is C17H14Cl2N4O2S. The van der Waals surface area contributed by atoms with E-state index in [1.165, 1.54) is 23.9 Å². The molecular weight excluding hydrogens is 395 g/mol. The van der Waals surface area contributed by atoms with Crippen molar-refractivity contribution >= 4 is 40.7 Å².